The van der Waals surface area contributed by atoms with Gasteiger partial charge in [-0.1, -0.05) is 54.6 Å². The van der Waals surface area contributed by atoms with Crippen molar-refractivity contribution in [2.24, 2.45) is 5.92 Å². The molecule has 15 heavy (non-hydrogen) atoms. The minimum absolute atomic E-state index is 0.159. The van der Waals surface area contributed by atoms with Crippen molar-refractivity contribution in [3.05, 3.63) is 60.2 Å². The van der Waals surface area contributed by atoms with Crippen molar-refractivity contribution in [3.63, 3.8) is 0 Å². The molecule has 2 rings (SSSR count). The summed E-state index contributed by atoms with van der Waals surface area (Å²) in [6, 6.07) is 10.4. The summed E-state index contributed by atoms with van der Waals surface area (Å²) < 4.78 is 5.81. The second-order valence-corrected chi connectivity index (χ2v) is 3.63. The third-order valence-corrected chi connectivity index (χ3v) is 2.60. The van der Waals surface area contributed by atoms with Gasteiger partial charge in [0.2, 0.25) is 0 Å². The van der Waals surface area contributed by atoms with Gasteiger partial charge in [0.1, 0.15) is 0 Å². The summed E-state index contributed by atoms with van der Waals surface area (Å²) in [4.78, 5) is 0. The Bertz CT molecular complexity index is 339. The maximum Gasteiger partial charge on any atom is 0.0922 e. The third kappa shape index (κ3) is 2.37. The summed E-state index contributed by atoms with van der Waals surface area (Å²) in [5.41, 5.74) is 1.25. The zero-order chi connectivity index (χ0) is 10.5. The Hall–Kier alpha value is -1.34. The van der Waals surface area contributed by atoms with Crippen LogP contribution in [0.4, 0.5) is 0 Å². The highest BCUT2D eigenvalue weighted by Gasteiger charge is 2.20. The van der Waals surface area contributed by atoms with Crippen LogP contribution in [-0.4, -0.2) is 6.61 Å². The Kier molecular flexibility index (Phi) is 3.36. The SMILES string of the molecule is CCOC(c1ccccc1)C1C=CC=C1. The van der Waals surface area contributed by atoms with Crippen molar-refractivity contribution >= 4 is 0 Å². The van der Waals surface area contributed by atoms with E-state index in [9.17, 15) is 0 Å². The first-order valence-electron chi connectivity index (χ1n) is 5.43. The van der Waals surface area contributed by atoms with Crippen LogP contribution in [0, 0.1) is 5.92 Å². The maximum absolute atomic E-state index is 5.81. The van der Waals surface area contributed by atoms with E-state index in [1.807, 2.05) is 13.0 Å². The van der Waals surface area contributed by atoms with Crippen LogP contribution in [0.25, 0.3) is 0 Å². The molecule has 1 atom stereocenters. The van der Waals surface area contributed by atoms with Crippen molar-refractivity contribution in [2.45, 2.75) is 13.0 Å². The monoisotopic (exact) mass is 200 g/mol. The molecule has 1 unspecified atom stereocenters. The second kappa shape index (κ2) is 4.94. The van der Waals surface area contributed by atoms with E-state index in [-0.39, 0.29) is 6.10 Å². The average Bonchev–Trinajstić information content (AvgIpc) is 2.80. The van der Waals surface area contributed by atoms with Gasteiger partial charge in [-0.05, 0) is 12.5 Å². The van der Waals surface area contributed by atoms with Gasteiger partial charge in [-0.2, -0.15) is 0 Å². The molecule has 0 bridgehead atoms. The summed E-state index contributed by atoms with van der Waals surface area (Å²) in [5, 5.41) is 0. The summed E-state index contributed by atoms with van der Waals surface area (Å²) in [6.07, 6.45) is 8.70. The number of rotatable bonds is 4. The first-order valence-corrected chi connectivity index (χ1v) is 5.43. The third-order valence-electron chi connectivity index (χ3n) is 2.60. The molecule has 0 aliphatic heterocycles. The van der Waals surface area contributed by atoms with Crippen molar-refractivity contribution in [1.82, 2.24) is 0 Å². The molecular weight excluding hydrogens is 184 g/mol. The first-order chi connectivity index (χ1) is 7.42. The van der Waals surface area contributed by atoms with E-state index in [1.54, 1.807) is 0 Å². The minimum Gasteiger partial charge on any atom is -0.373 e. The zero-order valence-corrected chi connectivity index (χ0v) is 8.97. The van der Waals surface area contributed by atoms with Crippen molar-refractivity contribution in [3.8, 4) is 0 Å². The largest absolute Gasteiger partial charge is 0.373 e. The molecule has 1 aliphatic carbocycles. The molecule has 0 N–H and O–H groups in total. The minimum atomic E-state index is 0.159. The Morgan fingerprint density at radius 2 is 1.80 bits per heavy atom. The number of hydrogen-bond acceptors (Lipinski definition) is 1. The van der Waals surface area contributed by atoms with Gasteiger partial charge in [0.05, 0.1) is 6.10 Å². The molecule has 1 heteroatoms. The molecule has 0 fully saturated rings. The first kappa shape index (κ1) is 10.2. The topological polar surface area (TPSA) is 9.23 Å². The molecule has 1 aliphatic rings. The van der Waals surface area contributed by atoms with Crippen LogP contribution in [0.15, 0.2) is 54.6 Å². The van der Waals surface area contributed by atoms with E-state index < -0.39 is 0 Å². The van der Waals surface area contributed by atoms with Crippen LogP contribution < -0.4 is 0 Å². The molecule has 0 spiro atoms. The molecular formula is C14H16O. The summed E-state index contributed by atoms with van der Waals surface area (Å²) in [5.74, 6) is 0.382. The van der Waals surface area contributed by atoms with E-state index in [1.165, 1.54) is 5.56 Å². The highest BCUT2D eigenvalue weighted by molar-refractivity contribution is 5.26. The molecule has 1 nitrogen and oxygen atoms in total. The molecule has 1 aromatic carbocycles. The summed E-state index contributed by atoms with van der Waals surface area (Å²) >= 11 is 0. The lowest BCUT2D eigenvalue weighted by molar-refractivity contribution is 0.0453. The van der Waals surface area contributed by atoms with Gasteiger partial charge in [-0.25, -0.2) is 0 Å². The van der Waals surface area contributed by atoms with Gasteiger partial charge in [0.25, 0.3) is 0 Å². The van der Waals surface area contributed by atoms with Gasteiger partial charge in [-0.3, -0.25) is 0 Å². The molecule has 0 saturated heterocycles. The standard InChI is InChI=1S/C14H16O/c1-2-15-14(13-10-6-7-11-13)12-8-4-3-5-9-12/h3-11,13-14H,2H2,1H3. The lowest BCUT2D eigenvalue weighted by atomic mass is 9.97. The molecule has 0 heterocycles. The highest BCUT2D eigenvalue weighted by Crippen LogP contribution is 2.30. The summed E-state index contributed by atoms with van der Waals surface area (Å²) in [6.45, 7) is 2.79. The summed E-state index contributed by atoms with van der Waals surface area (Å²) in [7, 11) is 0. The van der Waals surface area contributed by atoms with Crippen molar-refractivity contribution < 1.29 is 4.74 Å². The van der Waals surface area contributed by atoms with E-state index in [0.29, 0.717) is 5.92 Å². The van der Waals surface area contributed by atoms with Crippen LogP contribution in [-0.2, 0) is 4.74 Å². The van der Waals surface area contributed by atoms with Crippen LogP contribution in [0.1, 0.15) is 18.6 Å². The zero-order valence-electron chi connectivity index (χ0n) is 8.97. The van der Waals surface area contributed by atoms with E-state index in [4.69, 9.17) is 4.74 Å². The number of ether oxygens (including phenoxy) is 1. The Labute approximate surface area is 91.1 Å². The van der Waals surface area contributed by atoms with Gasteiger partial charge in [0, 0.05) is 12.5 Å². The van der Waals surface area contributed by atoms with Gasteiger partial charge >= 0.3 is 0 Å². The fraction of sp³-hybridized carbons (Fsp3) is 0.286. The Morgan fingerprint density at radius 3 is 2.40 bits per heavy atom. The van der Waals surface area contributed by atoms with Gasteiger partial charge < -0.3 is 4.74 Å². The van der Waals surface area contributed by atoms with Crippen LogP contribution in [0.5, 0.6) is 0 Å². The second-order valence-electron chi connectivity index (χ2n) is 3.63. The fourth-order valence-electron chi connectivity index (χ4n) is 1.90. The lowest BCUT2D eigenvalue weighted by Crippen LogP contribution is -2.11. The van der Waals surface area contributed by atoms with Crippen molar-refractivity contribution in [2.75, 3.05) is 6.61 Å². The molecule has 1 aromatic rings. The molecule has 78 valence electrons. The number of hydrogen-bond donors (Lipinski definition) is 0. The lowest BCUT2D eigenvalue weighted by Gasteiger charge is -2.21. The van der Waals surface area contributed by atoms with E-state index in [0.717, 1.165) is 6.61 Å². The van der Waals surface area contributed by atoms with Gasteiger partial charge in [-0.15, -0.1) is 0 Å². The van der Waals surface area contributed by atoms with Crippen molar-refractivity contribution in [1.29, 1.82) is 0 Å². The predicted molar refractivity (Wildman–Crippen MR) is 62.6 cm³/mol. The quantitative estimate of drug-likeness (QED) is 0.722. The fourth-order valence-corrected chi connectivity index (χ4v) is 1.90. The van der Waals surface area contributed by atoms with Crippen LogP contribution >= 0.6 is 0 Å². The predicted octanol–water partition coefficient (Wildman–Crippen LogP) is 3.51. The highest BCUT2D eigenvalue weighted by atomic mass is 16.5. The average molecular weight is 200 g/mol. The molecule has 0 aromatic heterocycles. The molecule has 0 radical (unpaired) electrons. The van der Waals surface area contributed by atoms with Crippen LogP contribution in [0.2, 0.25) is 0 Å². The molecule has 0 amide bonds. The maximum atomic E-state index is 5.81. The number of allylic oxidation sites excluding steroid dienone is 2. The normalized spacial score (nSPS) is 17.1. The molecule has 0 saturated carbocycles. The Balaban J connectivity index is 2.19. The van der Waals surface area contributed by atoms with E-state index >= 15 is 0 Å². The van der Waals surface area contributed by atoms with Gasteiger partial charge in [0.15, 0.2) is 0 Å². The number of benzene rings is 1. The van der Waals surface area contributed by atoms with E-state index in [2.05, 4.69) is 48.6 Å². The Morgan fingerprint density at radius 1 is 1.13 bits per heavy atom. The van der Waals surface area contributed by atoms with Crippen LogP contribution in [0.3, 0.4) is 0 Å². The smallest absolute Gasteiger partial charge is 0.0922 e.